The molecule has 3 heteroatoms. The van der Waals surface area contributed by atoms with Crippen molar-refractivity contribution in [3.05, 3.63) is 24.3 Å². The summed E-state index contributed by atoms with van der Waals surface area (Å²) in [6.45, 7) is 3.39. The summed E-state index contributed by atoms with van der Waals surface area (Å²) in [6.07, 6.45) is 8.28. The Bertz CT molecular complexity index is 404. The highest BCUT2D eigenvalue weighted by Gasteiger charge is 2.23. The molecular formula is C18H29NOS. The van der Waals surface area contributed by atoms with Gasteiger partial charge < -0.3 is 10.1 Å². The van der Waals surface area contributed by atoms with Gasteiger partial charge in [0.05, 0.1) is 7.11 Å². The first-order valence-corrected chi connectivity index (χ1v) is 9.32. The smallest absolute Gasteiger partial charge is 0.119 e. The first kappa shape index (κ1) is 16.7. The number of hydrogen-bond donors (Lipinski definition) is 1. The third-order valence-corrected chi connectivity index (χ3v) is 5.46. The van der Waals surface area contributed by atoms with Crippen molar-refractivity contribution in [3.63, 3.8) is 0 Å². The van der Waals surface area contributed by atoms with E-state index in [1.807, 2.05) is 17.8 Å². The van der Waals surface area contributed by atoms with E-state index in [1.165, 1.54) is 43.4 Å². The van der Waals surface area contributed by atoms with E-state index in [0.29, 0.717) is 6.04 Å². The second kappa shape index (κ2) is 9.37. The molecule has 21 heavy (non-hydrogen) atoms. The van der Waals surface area contributed by atoms with Gasteiger partial charge in [0.25, 0.3) is 0 Å². The van der Waals surface area contributed by atoms with Crippen LogP contribution in [0.2, 0.25) is 0 Å². The Balaban J connectivity index is 1.90. The Kier molecular flexibility index (Phi) is 7.45. The zero-order valence-electron chi connectivity index (χ0n) is 13.4. The van der Waals surface area contributed by atoms with Crippen LogP contribution in [0.25, 0.3) is 0 Å². The van der Waals surface area contributed by atoms with Crippen LogP contribution in [0, 0.1) is 5.92 Å². The van der Waals surface area contributed by atoms with Gasteiger partial charge in [-0.2, -0.15) is 0 Å². The number of rotatable bonds is 8. The molecule has 2 rings (SSSR count). The molecule has 1 aliphatic rings. The first-order valence-electron chi connectivity index (χ1n) is 8.33. The maximum atomic E-state index is 5.31. The van der Waals surface area contributed by atoms with Gasteiger partial charge in [0, 0.05) is 16.7 Å². The maximum absolute atomic E-state index is 5.31. The molecule has 1 saturated carbocycles. The molecule has 1 fully saturated rings. The molecule has 0 amide bonds. The second-order valence-electron chi connectivity index (χ2n) is 5.95. The third-order valence-electron chi connectivity index (χ3n) is 4.35. The van der Waals surface area contributed by atoms with Gasteiger partial charge in [-0.3, -0.25) is 0 Å². The fourth-order valence-electron chi connectivity index (χ4n) is 3.10. The zero-order valence-corrected chi connectivity index (χ0v) is 14.3. The number of nitrogens with one attached hydrogen (secondary N) is 1. The number of ether oxygens (including phenoxy) is 1. The molecule has 1 aromatic carbocycles. The van der Waals surface area contributed by atoms with Gasteiger partial charge in [0.15, 0.2) is 0 Å². The minimum absolute atomic E-state index is 0.654. The van der Waals surface area contributed by atoms with Crippen LogP contribution in [0.4, 0.5) is 0 Å². The molecule has 0 saturated heterocycles. The Labute approximate surface area is 134 Å². The van der Waals surface area contributed by atoms with Gasteiger partial charge in [0.1, 0.15) is 5.75 Å². The largest absolute Gasteiger partial charge is 0.497 e. The molecule has 118 valence electrons. The van der Waals surface area contributed by atoms with Gasteiger partial charge in [-0.25, -0.2) is 0 Å². The average Bonchev–Trinajstić information content (AvgIpc) is 2.56. The third kappa shape index (κ3) is 5.55. The highest BCUT2D eigenvalue weighted by Crippen LogP contribution is 2.30. The molecule has 2 nitrogen and oxygen atoms in total. The van der Waals surface area contributed by atoms with Gasteiger partial charge in [-0.05, 0) is 49.9 Å². The highest BCUT2D eigenvalue weighted by atomic mass is 32.2. The molecule has 1 aromatic rings. The van der Waals surface area contributed by atoms with Crippen molar-refractivity contribution in [2.75, 3.05) is 19.4 Å². The molecule has 0 aliphatic heterocycles. The Morgan fingerprint density at radius 1 is 1.29 bits per heavy atom. The van der Waals surface area contributed by atoms with Crippen LogP contribution in [-0.4, -0.2) is 25.4 Å². The molecule has 0 bridgehead atoms. The lowest BCUT2D eigenvalue weighted by atomic mass is 9.84. The molecule has 1 aliphatic carbocycles. The van der Waals surface area contributed by atoms with Crippen molar-refractivity contribution in [1.29, 1.82) is 0 Å². The number of thioether (sulfide) groups is 1. The molecule has 0 aromatic heterocycles. The second-order valence-corrected chi connectivity index (χ2v) is 7.04. The molecule has 0 radical (unpaired) electrons. The van der Waals surface area contributed by atoms with Gasteiger partial charge >= 0.3 is 0 Å². The van der Waals surface area contributed by atoms with E-state index in [-0.39, 0.29) is 0 Å². The normalized spacial score (nSPS) is 17.6. The van der Waals surface area contributed by atoms with Crippen molar-refractivity contribution >= 4 is 11.8 Å². The predicted octanol–water partition coefficient (Wildman–Crippen LogP) is 4.74. The monoisotopic (exact) mass is 307 g/mol. The lowest BCUT2D eigenvalue weighted by Gasteiger charge is -2.31. The van der Waals surface area contributed by atoms with Crippen molar-refractivity contribution in [2.24, 2.45) is 5.92 Å². The highest BCUT2D eigenvalue weighted by molar-refractivity contribution is 7.99. The van der Waals surface area contributed by atoms with E-state index in [4.69, 9.17) is 4.74 Å². The van der Waals surface area contributed by atoms with E-state index in [9.17, 15) is 0 Å². The number of benzene rings is 1. The van der Waals surface area contributed by atoms with Crippen LogP contribution in [-0.2, 0) is 0 Å². The quantitative estimate of drug-likeness (QED) is 0.701. The summed E-state index contributed by atoms with van der Waals surface area (Å²) >= 11 is 1.96. The molecule has 1 N–H and O–H groups in total. The maximum Gasteiger partial charge on any atom is 0.119 e. The standard InChI is InChI=1S/C18H29NOS/c1-3-12-19-18(15-8-5-4-6-9-15)14-21-17-11-7-10-16(13-17)20-2/h7,10-11,13,15,18-19H,3-6,8-9,12,14H2,1-2H3. The van der Waals surface area contributed by atoms with E-state index in [0.717, 1.165) is 24.0 Å². The van der Waals surface area contributed by atoms with Crippen LogP contribution in [0.15, 0.2) is 29.2 Å². The van der Waals surface area contributed by atoms with Crippen LogP contribution >= 0.6 is 11.8 Å². The Hall–Kier alpha value is -0.670. The van der Waals surface area contributed by atoms with E-state index >= 15 is 0 Å². The molecule has 0 heterocycles. The predicted molar refractivity (Wildman–Crippen MR) is 92.4 cm³/mol. The minimum Gasteiger partial charge on any atom is -0.497 e. The van der Waals surface area contributed by atoms with E-state index < -0.39 is 0 Å². The van der Waals surface area contributed by atoms with E-state index in [2.05, 4.69) is 30.4 Å². The molecule has 0 spiro atoms. The molecular weight excluding hydrogens is 278 g/mol. The fraction of sp³-hybridized carbons (Fsp3) is 0.667. The summed E-state index contributed by atoms with van der Waals surface area (Å²) in [4.78, 5) is 1.31. The van der Waals surface area contributed by atoms with Crippen LogP contribution < -0.4 is 10.1 Å². The van der Waals surface area contributed by atoms with Crippen molar-refractivity contribution < 1.29 is 4.74 Å². The first-order chi connectivity index (χ1) is 10.3. The molecule has 1 atom stereocenters. The summed E-state index contributed by atoms with van der Waals surface area (Å²) < 4.78 is 5.31. The van der Waals surface area contributed by atoms with Gasteiger partial charge in [-0.15, -0.1) is 11.8 Å². The average molecular weight is 308 g/mol. The molecule has 1 unspecified atom stereocenters. The lowest BCUT2D eigenvalue weighted by molar-refractivity contribution is 0.285. The van der Waals surface area contributed by atoms with Gasteiger partial charge in [-0.1, -0.05) is 32.3 Å². The van der Waals surface area contributed by atoms with E-state index in [1.54, 1.807) is 7.11 Å². The van der Waals surface area contributed by atoms with Crippen LogP contribution in [0.5, 0.6) is 5.75 Å². The zero-order chi connectivity index (χ0) is 14.9. The SMILES string of the molecule is CCCNC(CSc1cccc(OC)c1)C1CCCCC1. The van der Waals surface area contributed by atoms with Crippen LogP contribution in [0.3, 0.4) is 0 Å². The summed E-state index contributed by atoms with van der Waals surface area (Å²) in [7, 11) is 1.73. The topological polar surface area (TPSA) is 21.3 Å². The van der Waals surface area contributed by atoms with Crippen molar-refractivity contribution in [3.8, 4) is 5.75 Å². The van der Waals surface area contributed by atoms with Crippen molar-refractivity contribution in [2.45, 2.75) is 56.4 Å². The summed E-state index contributed by atoms with van der Waals surface area (Å²) in [5.41, 5.74) is 0. The minimum atomic E-state index is 0.654. The summed E-state index contributed by atoms with van der Waals surface area (Å²) in [6, 6.07) is 9.07. The number of hydrogen-bond acceptors (Lipinski definition) is 3. The van der Waals surface area contributed by atoms with Crippen LogP contribution in [0.1, 0.15) is 45.4 Å². The van der Waals surface area contributed by atoms with Gasteiger partial charge in [0.2, 0.25) is 0 Å². The van der Waals surface area contributed by atoms with Crippen molar-refractivity contribution in [1.82, 2.24) is 5.32 Å². The summed E-state index contributed by atoms with van der Waals surface area (Å²) in [5.74, 6) is 2.98. The number of methoxy groups -OCH3 is 1. The Morgan fingerprint density at radius 3 is 2.81 bits per heavy atom. The summed E-state index contributed by atoms with van der Waals surface area (Å²) in [5, 5.41) is 3.79. The Morgan fingerprint density at radius 2 is 2.10 bits per heavy atom. The fourth-order valence-corrected chi connectivity index (χ4v) is 4.24. The lowest BCUT2D eigenvalue weighted by Crippen LogP contribution is -2.39.